The molecule has 1 aromatic carbocycles. The van der Waals surface area contributed by atoms with Crippen molar-refractivity contribution < 1.29 is 13.3 Å². The molecule has 0 aromatic heterocycles. The molecule has 0 aliphatic carbocycles. The molecule has 1 rings (SSSR count). The standard InChI is InChI=1S/C13H21N3O4S/c1-5-15(9-10(2)3)21(19,20)13-8-11(16(17)18)6-7-12(13)14-4/h6-8,10,14H,5,9H2,1-4H3. The van der Waals surface area contributed by atoms with Gasteiger partial charge >= 0.3 is 0 Å². The van der Waals surface area contributed by atoms with Crippen LogP contribution in [-0.2, 0) is 10.0 Å². The Morgan fingerprint density at radius 1 is 1.38 bits per heavy atom. The Hall–Kier alpha value is -1.67. The molecule has 8 heteroatoms. The molecule has 0 atom stereocenters. The van der Waals surface area contributed by atoms with Gasteiger partial charge in [-0.05, 0) is 12.0 Å². The van der Waals surface area contributed by atoms with Gasteiger partial charge in [0.05, 0.1) is 10.6 Å². The molecule has 0 saturated carbocycles. The zero-order chi connectivity index (χ0) is 16.2. The summed E-state index contributed by atoms with van der Waals surface area (Å²) < 4.78 is 26.8. The lowest BCUT2D eigenvalue weighted by Crippen LogP contribution is -2.34. The fourth-order valence-corrected chi connectivity index (χ4v) is 3.82. The van der Waals surface area contributed by atoms with Gasteiger partial charge in [-0.3, -0.25) is 10.1 Å². The molecule has 0 unspecified atom stereocenters. The van der Waals surface area contributed by atoms with Crippen molar-refractivity contribution in [1.82, 2.24) is 4.31 Å². The third-order valence-electron chi connectivity index (χ3n) is 2.98. The van der Waals surface area contributed by atoms with E-state index in [0.717, 1.165) is 6.07 Å². The van der Waals surface area contributed by atoms with Crippen LogP contribution in [0.3, 0.4) is 0 Å². The number of rotatable bonds is 7. The van der Waals surface area contributed by atoms with E-state index in [9.17, 15) is 18.5 Å². The Bertz CT molecular complexity index is 614. The number of nitro benzene ring substituents is 1. The normalized spacial score (nSPS) is 11.9. The molecule has 0 fully saturated rings. The Balaban J connectivity index is 3.40. The van der Waals surface area contributed by atoms with Crippen molar-refractivity contribution in [3.8, 4) is 0 Å². The van der Waals surface area contributed by atoms with Crippen LogP contribution in [0.25, 0.3) is 0 Å². The van der Waals surface area contributed by atoms with E-state index in [2.05, 4.69) is 5.32 Å². The predicted molar refractivity (Wildman–Crippen MR) is 81.9 cm³/mol. The highest BCUT2D eigenvalue weighted by atomic mass is 32.2. The highest BCUT2D eigenvalue weighted by Crippen LogP contribution is 2.29. The smallest absolute Gasteiger partial charge is 0.270 e. The number of anilines is 1. The Morgan fingerprint density at radius 2 is 2.00 bits per heavy atom. The molecule has 0 heterocycles. The van der Waals surface area contributed by atoms with E-state index in [1.165, 1.54) is 16.4 Å². The maximum absolute atomic E-state index is 12.7. The number of sulfonamides is 1. The molecule has 1 N–H and O–H groups in total. The van der Waals surface area contributed by atoms with Crippen LogP contribution in [0.1, 0.15) is 20.8 Å². The van der Waals surface area contributed by atoms with Crippen molar-refractivity contribution in [3.05, 3.63) is 28.3 Å². The molecule has 0 aliphatic heterocycles. The number of nitro groups is 1. The van der Waals surface area contributed by atoms with Crippen molar-refractivity contribution in [2.45, 2.75) is 25.7 Å². The first-order valence-corrected chi connectivity index (χ1v) is 8.14. The molecular weight excluding hydrogens is 294 g/mol. The molecule has 0 amide bonds. The summed E-state index contributed by atoms with van der Waals surface area (Å²) in [6, 6.07) is 3.79. The Kier molecular flexibility index (Phi) is 5.68. The summed E-state index contributed by atoms with van der Waals surface area (Å²) in [6.07, 6.45) is 0. The summed E-state index contributed by atoms with van der Waals surface area (Å²) >= 11 is 0. The van der Waals surface area contributed by atoms with Gasteiger partial charge in [-0.2, -0.15) is 4.31 Å². The van der Waals surface area contributed by atoms with Gasteiger partial charge in [0.1, 0.15) is 4.90 Å². The number of nitrogens with one attached hydrogen (secondary N) is 1. The maximum atomic E-state index is 12.7. The summed E-state index contributed by atoms with van der Waals surface area (Å²) in [5.41, 5.74) is 0.107. The van der Waals surface area contributed by atoms with Crippen LogP contribution in [0.5, 0.6) is 0 Å². The van der Waals surface area contributed by atoms with E-state index in [1.807, 2.05) is 13.8 Å². The van der Waals surface area contributed by atoms with Crippen LogP contribution in [0.4, 0.5) is 11.4 Å². The van der Waals surface area contributed by atoms with Gasteiger partial charge in [0.15, 0.2) is 0 Å². The highest BCUT2D eigenvalue weighted by molar-refractivity contribution is 7.89. The van der Waals surface area contributed by atoms with Gasteiger partial charge in [0.25, 0.3) is 5.69 Å². The van der Waals surface area contributed by atoms with Gasteiger partial charge in [-0.1, -0.05) is 20.8 Å². The first-order valence-electron chi connectivity index (χ1n) is 6.70. The minimum Gasteiger partial charge on any atom is -0.387 e. The summed E-state index contributed by atoms with van der Waals surface area (Å²) in [5.74, 6) is 0.163. The van der Waals surface area contributed by atoms with Gasteiger partial charge in [0, 0.05) is 32.3 Å². The van der Waals surface area contributed by atoms with E-state index < -0.39 is 14.9 Å². The molecule has 0 radical (unpaired) electrons. The molecule has 0 aliphatic rings. The van der Waals surface area contributed by atoms with Gasteiger partial charge in [0.2, 0.25) is 10.0 Å². The summed E-state index contributed by atoms with van der Waals surface area (Å²) in [6.45, 7) is 6.27. The summed E-state index contributed by atoms with van der Waals surface area (Å²) in [7, 11) is -2.20. The van der Waals surface area contributed by atoms with Gasteiger partial charge < -0.3 is 5.32 Å². The molecule has 7 nitrogen and oxygen atoms in total. The van der Waals surface area contributed by atoms with Gasteiger partial charge in [-0.15, -0.1) is 0 Å². The molecule has 0 spiro atoms. The van der Waals surface area contributed by atoms with E-state index in [-0.39, 0.29) is 16.5 Å². The first kappa shape index (κ1) is 17.4. The average molecular weight is 315 g/mol. The number of hydrogen-bond acceptors (Lipinski definition) is 5. The van der Waals surface area contributed by atoms with Crippen molar-refractivity contribution in [3.63, 3.8) is 0 Å². The number of benzene rings is 1. The molecular formula is C13H21N3O4S. The van der Waals surface area contributed by atoms with Crippen molar-refractivity contribution in [2.75, 3.05) is 25.5 Å². The van der Waals surface area contributed by atoms with Crippen LogP contribution in [0.15, 0.2) is 23.1 Å². The largest absolute Gasteiger partial charge is 0.387 e. The van der Waals surface area contributed by atoms with Gasteiger partial charge in [-0.25, -0.2) is 8.42 Å². The molecule has 21 heavy (non-hydrogen) atoms. The maximum Gasteiger partial charge on any atom is 0.270 e. The minimum atomic E-state index is -3.78. The third-order valence-corrected chi connectivity index (χ3v) is 4.97. The Morgan fingerprint density at radius 3 is 2.43 bits per heavy atom. The third kappa shape index (κ3) is 3.92. The van der Waals surface area contributed by atoms with E-state index in [1.54, 1.807) is 14.0 Å². The molecule has 0 saturated heterocycles. The monoisotopic (exact) mass is 315 g/mol. The fourth-order valence-electron chi connectivity index (χ4n) is 1.99. The minimum absolute atomic E-state index is 0.0679. The second-order valence-electron chi connectivity index (χ2n) is 5.04. The van der Waals surface area contributed by atoms with Crippen LogP contribution in [0, 0.1) is 16.0 Å². The molecule has 0 bridgehead atoms. The summed E-state index contributed by atoms with van der Waals surface area (Å²) in [4.78, 5) is 10.2. The van der Waals surface area contributed by atoms with E-state index in [0.29, 0.717) is 18.8 Å². The first-order chi connectivity index (χ1) is 9.73. The van der Waals surface area contributed by atoms with Crippen LogP contribution >= 0.6 is 0 Å². The number of hydrogen-bond donors (Lipinski definition) is 1. The predicted octanol–water partition coefficient (Wildman–Crippen LogP) is 2.30. The lowest BCUT2D eigenvalue weighted by atomic mass is 10.2. The SMILES string of the molecule is CCN(CC(C)C)S(=O)(=O)c1cc([N+](=O)[O-])ccc1NC. The van der Waals surface area contributed by atoms with Crippen LogP contribution in [0.2, 0.25) is 0 Å². The summed E-state index contributed by atoms with van der Waals surface area (Å²) in [5, 5.41) is 13.6. The Labute approximate surface area is 125 Å². The number of non-ortho nitro benzene ring substituents is 1. The highest BCUT2D eigenvalue weighted by Gasteiger charge is 2.28. The number of nitrogens with zero attached hydrogens (tertiary/aromatic N) is 2. The van der Waals surface area contributed by atoms with Crippen LogP contribution < -0.4 is 5.32 Å². The zero-order valence-corrected chi connectivity index (χ0v) is 13.5. The van der Waals surface area contributed by atoms with Crippen molar-refractivity contribution in [1.29, 1.82) is 0 Å². The molecule has 118 valence electrons. The lowest BCUT2D eigenvalue weighted by Gasteiger charge is -2.23. The quantitative estimate of drug-likeness (QED) is 0.615. The van der Waals surface area contributed by atoms with E-state index in [4.69, 9.17) is 0 Å². The fraction of sp³-hybridized carbons (Fsp3) is 0.538. The zero-order valence-electron chi connectivity index (χ0n) is 12.7. The van der Waals surface area contributed by atoms with E-state index >= 15 is 0 Å². The van der Waals surface area contributed by atoms with Crippen molar-refractivity contribution >= 4 is 21.4 Å². The second-order valence-corrected chi connectivity index (χ2v) is 6.94. The second kappa shape index (κ2) is 6.86. The molecule has 1 aromatic rings. The van der Waals surface area contributed by atoms with Crippen molar-refractivity contribution in [2.24, 2.45) is 5.92 Å². The average Bonchev–Trinajstić information content (AvgIpc) is 2.43. The van der Waals surface area contributed by atoms with Crippen LogP contribution in [-0.4, -0.2) is 37.8 Å². The lowest BCUT2D eigenvalue weighted by molar-refractivity contribution is -0.385. The topological polar surface area (TPSA) is 92.5 Å².